The Morgan fingerprint density at radius 2 is 1.74 bits per heavy atom. The molecule has 0 radical (unpaired) electrons. The number of carbonyl (C=O) groups is 1. The topological polar surface area (TPSA) is 39.2 Å². The number of nitrogens with zero attached hydrogens (tertiary/aromatic N) is 1. The molecule has 1 aromatic heterocycles. The van der Waals surface area contributed by atoms with Gasteiger partial charge in [0, 0.05) is 22.7 Å². The largest absolute Gasteiger partial charge is 0.465 e. The van der Waals surface area contributed by atoms with Crippen molar-refractivity contribution in [3.63, 3.8) is 0 Å². The van der Waals surface area contributed by atoms with Crippen LogP contribution < -0.4 is 0 Å². The number of carbonyl (C=O) groups excluding carboxylic acids is 1. The predicted octanol–water partition coefficient (Wildman–Crippen LogP) is 6.87. The van der Waals surface area contributed by atoms with E-state index in [1.165, 1.54) is 34.7 Å². The maximum atomic E-state index is 12.5. The fourth-order valence-corrected chi connectivity index (χ4v) is 5.56. The van der Waals surface area contributed by atoms with E-state index in [1.807, 2.05) is 33.0 Å². The molecule has 1 aliphatic carbocycles. The molecule has 4 rings (SSSR count). The normalized spacial score (nSPS) is 14.6. The van der Waals surface area contributed by atoms with Gasteiger partial charge in [0.1, 0.15) is 4.75 Å². The Morgan fingerprint density at radius 3 is 2.42 bits per heavy atom. The van der Waals surface area contributed by atoms with Crippen LogP contribution in [0.2, 0.25) is 0 Å². The minimum atomic E-state index is -0.680. The molecule has 3 aromatic rings. The van der Waals surface area contributed by atoms with Crippen molar-refractivity contribution in [3.8, 4) is 0 Å². The van der Waals surface area contributed by atoms with Crippen LogP contribution in [0.1, 0.15) is 70.1 Å². The van der Waals surface area contributed by atoms with Crippen LogP contribution in [-0.4, -0.2) is 22.3 Å². The van der Waals surface area contributed by atoms with E-state index in [2.05, 4.69) is 55.2 Å². The summed E-state index contributed by atoms with van der Waals surface area (Å²) in [6.45, 7) is 10.6. The summed E-state index contributed by atoms with van der Waals surface area (Å²) < 4.78 is 4.63. The molecule has 1 fully saturated rings. The minimum Gasteiger partial charge on any atom is -0.465 e. The Bertz CT molecular complexity index is 1120. The van der Waals surface area contributed by atoms with Crippen LogP contribution >= 0.6 is 11.8 Å². The highest BCUT2D eigenvalue weighted by Crippen LogP contribution is 2.47. The van der Waals surface area contributed by atoms with E-state index in [0.29, 0.717) is 12.5 Å². The van der Waals surface area contributed by atoms with Gasteiger partial charge in [-0.1, -0.05) is 50.2 Å². The van der Waals surface area contributed by atoms with Crippen LogP contribution in [0.3, 0.4) is 0 Å². The summed E-state index contributed by atoms with van der Waals surface area (Å²) >= 11 is 1.55. The SMILES string of the molecule is CCOC(=O)C(C)(C)Sc1ccncc1C(C)(C)c1ccc(C2CC2)c2ccccc12. The number of rotatable bonds is 7. The molecule has 0 saturated heterocycles. The fraction of sp³-hybridized carbons (Fsp3) is 0.407. The van der Waals surface area contributed by atoms with Gasteiger partial charge in [-0.2, -0.15) is 0 Å². The van der Waals surface area contributed by atoms with Crippen LogP contribution in [0.4, 0.5) is 0 Å². The van der Waals surface area contributed by atoms with Gasteiger partial charge in [0.25, 0.3) is 0 Å². The van der Waals surface area contributed by atoms with Crippen molar-refractivity contribution < 1.29 is 9.53 Å². The second kappa shape index (κ2) is 8.31. The number of esters is 1. The molecule has 2 aromatic carbocycles. The molecule has 4 heteroatoms. The summed E-state index contributed by atoms with van der Waals surface area (Å²) in [5.74, 6) is 0.511. The fourth-order valence-electron chi connectivity index (χ4n) is 4.32. The Morgan fingerprint density at radius 1 is 1.03 bits per heavy atom. The summed E-state index contributed by atoms with van der Waals surface area (Å²) in [4.78, 5) is 18.0. The first-order valence-corrected chi connectivity index (χ1v) is 11.9. The Labute approximate surface area is 189 Å². The third-order valence-corrected chi connectivity index (χ3v) is 7.49. The van der Waals surface area contributed by atoms with Crippen molar-refractivity contribution in [1.29, 1.82) is 0 Å². The molecule has 162 valence electrons. The van der Waals surface area contributed by atoms with Crippen LogP contribution in [0.25, 0.3) is 10.8 Å². The van der Waals surface area contributed by atoms with Crippen molar-refractivity contribution in [2.45, 2.75) is 68.4 Å². The Balaban J connectivity index is 1.79. The summed E-state index contributed by atoms with van der Waals surface area (Å²) in [5.41, 5.74) is 3.61. The average molecular weight is 434 g/mol. The standard InChI is InChI=1S/C27H31NO2S/c1-6-30-25(29)27(4,5)31-24-15-16-28-17-23(24)26(2,3)22-14-13-19(18-11-12-18)20-9-7-8-10-21(20)22/h7-10,13-18H,6,11-12H2,1-5H3. The first-order valence-electron chi connectivity index (χ1n) is 11.1. The maximum Gasteiger partial charge on any atom is 0.321 e. The minimum absolute atomic E-state index is 0.195. The number of hydrogen-bond acceptors (Lipinski definition) is 4. The van der Waals surface area contributed by atoms with Gasteiger partial charge < -0.3 is 4.74 Å². The van der Waals surface area contributed by atoms with Crippen LogP contribution in [0, 0.1) is 0 Å². The molecule has 3 nitrogen and oxygen atoms in total. The Hall–Kier alpha value is -2.33. The highest BCUT2D eigenvalue weighted by molar-refractivity contribution is 8.01. The molecule has 0 spiro atoms. The number of pyridine rings is 1. The first kappa shape index (κ1) is 21.9. The second-order valence-corrected chi connectivity index (χ2v) is 11.0. The highest BCUT2D eigenvalue weighted by atomic mass is 32.2. The Kier molecular flexibility index (Phi) is 5.87. The molecule has 1 heterocycles. The van der Waals surface area contributed by atoms with Gasteiger partial charge in [-0.25, -0.2) is 0 Å². The van der Waals surface area contributed by atoms with Crippen molar-refractivity contribution in [1.82, 2.24) is 4.98 Å². The van der Waals surface area contributed by atoms with Crippen LogP contribution in [0.15, 0.2) is 59.8 Å². The van der Waals surface area contributed by atoms with E-state index in [1.54, 1.807) is 18.0 Å². The quantitative estimate of drug-likeness (QED) is 0.301. The number of aromatic nitrogens is 1. The van der Waals surface area contributed by atoms with Crippen LogP contribution in [0.5, 0.6) is 0 Å². The molecule has 0 unspecified atom stereocenters. The van der Waals surface area contributed by atoms with E-state index in [-0.39, 0.29) is 11.4 Å². The molecule has 31 heavy (non-hydrogen) atoms. The number of ether oxygens (including phenoxy) is 1. The van der Waals surface area contributed by atoms with Crippen molar-refractivity contribution in [3.05, 3.63) is 71.5 Å². The molecule has 0 bridgehead atoms. The summed E-state index contributed by atoms with van der Waals surface area (Å²) in [7, 11) is 0. The predicted molar refractivity (Wildman–Crippen MR) is 129 cm³/mol. The number of benzene rings is 2. The van der Waals surface area contributed by atoms with Gasteiger partial charge in [-0.05, 0) is 73.1 Å². The molecule has 1 saturated carbocycles. The van der Waals surface area contributed by atoms with E-state index < -0.39 is 4.75 Å². The van der Waals surface area contributed by atoms with Crippen LogP contribution in [-0.2, 0) is 14.9 Å². The zero-order valence-electron chi connectivity index (χ0n) is 19.1. The summed E-state index contributed by atoms with van der Waals surface area (Å²) in [6.07, 6.45) is 6.34. The van der Waals surface area contributed by atoms with E-state index >= 15 is 0 Å². The first-order chi connectivity index (χ1) is 14.8. The number of fused-ring (bicyclic) bond motifs is 1. The van der Waals surface area contributed by atoms with Crippen molar-refractivity contribution >= 4 is 28.5 Å². The summed E-state index contributed by atoms with van der Waals surface area (Å²) in [6, 6.07) is 15.4. The molecule has 0 aliphatic heterocycles. The average Bonchev–Trinajstić information content (AvgIpc) is 3.58. The lowest BCUT2D eigenvalue weighted by Crippen LogP contribution is -2.31. The van der Waals surface area contributed by atoms with Gasteiger partial charge in [-0.15, -0.1) is 11.8 Å². The van der Waals surface area contributed by atoms with Gasteiger partial charge in [-0.3, -0.25) is 9.78 Å². The lowest BCUT2D eigenvalue weighted by Gasteiger charge is -2.31. The monoisotopic (exact) mass is 433 g/mol. The molecule has 0 atom stereocenters. The van der Waals surface area contributed by atoms with Crippen molar-refractivity contribution in [2.75, 3.05) is 6.61 Å². The number of hydrogen-bond donors (Lipinski definition) is 0. The van der Waals surface area contributed by atoms with E-state index in [9.17, 15) is 4.79 Å². The number of thioether (sulfide) groups is 1. The van der Waals surface area contributed by atoms with Gasteiger partial charge in [0.05, 0.1) is 6.61 Å². The smallest absolute Gasteiger partial charge is 0.321 e. The lowest BCUT2D eigenvalue weighted by atomic mass is 9.76. The third kappa shape index (κ3) is 4.23. The zero-order valence-corrected chi connectivity index (χ0v) is 19.9. The zero-order chi connectivity index (χ0) is 22.2. The molecule has 1 aliphatic rings. The third-order valence-electron chi connectivity index (χ3n) is 6.23. The van der Waals surface area contributed by atoms with Gasteiger partial charge in [0.2, 0.25) is 0 Å². The molecular weight excluding hydrogens is 402 g/mol. The van der Waals surface area contributed by atoms with Gasteiger partial charge in [0.15, 0.2) is 0 Å². The molecular formula is C27H31NO2S. The lowest BCUT2D eigenvalue weighted by molar-refractivity contribution is -0.145. The molecule has 0 N–H and O–H groups in total. The highest BCUT2D eigenvalue weighted by Gasteiger charge is 2.35. The molecule has 0 amide bonds. The summed E-state index contributed by atoms with van der Waals surface area (Å²) in [5, 5.41) is 2.67. The van der Waals surface area contributed by atoms with E-state index in [4.69, 9.17) is 4.74 Å². The second-order valence-electron chi connectivity index (χ2n) is 9.35. The van der Waals surface area contributed by atoms with Crippen molar-refractivity contribution in [2.24, 2.45) is 0 Å². The maximum absolute atomic E-state index is 12.5. The van der Waals surface area contributed by atoms with Gasteiger partial charge >= 0.3 is 5.97 Å². The van der Waals surface area contributed by atoms with E-state index in [0.717, 1.165) is 10.5 Å².